The number of alkyl halides is 3. The molecular weight excluding hydrogens is 335 g/mol. The fourth-order valence-corrected chi connectivity index (χ4v) is 3.86. The molecule has 0 atom stereocenters. The van der Waals surface area contributed by atoms with Crippen molar-refractivity contribution < 1.29 is 22.7 Å². The van der Waals surface area contributed by atoms with Crippen molar-refractivity contribution in [3.05, 3.63) is 0 Å². The molecule has 2 fully saturated rings. The fraction of sp³-hybridized carbons (Fsp3) is 0.882. The van der Waals surface area contributed by atoms with Crippen LogP contribution in [0.5, 0.6) is 0 Å². The maximum atomic E-state index is 12.3. The number of nitrogens with zero attached hydrogens (tertiary/aromatic N) is 1. The minimum absolute atomic E-state index is 0. The van der Waals surface area contributed by atoms with Gasteiger partial charge in [0.1, 0.15) is 18.0 Å². The van der Waals surface area contributed by atoms with Gasteiger partial charge in [-0.2, -0.15) is 13.2 Å². The maximum Gasteiger partial charge on any atom is 0.411 e. The molecule has 2 heterocycles. The van der Waals surface area contributed by atoms with Crippen molar-refractivity contribution in [2.24, 2.45) is 16.8 Å². The van der Waals surface area contributed by atoms with Gasteiger partial charge in [0.05, 0.1) is 0 Å². The molecule has 2 N–H and O–H groups in total. The largest absolute Gasteiger partial charge is 0.411 e. The number of carbonyl (C=O) groups excluding carboxylic acids is 1. The van der Waals surface area contributed by atoms with Crippen molar-refractivity contribution in [2.45, 2.75) is 57.7 Å². The van der Waals surface area contributed by atoms with Crippen LogP contribution in [0, 0.1) is 11.8 Å². The summed E-state index contributed by atoms with van der Waals surface area (Å²) in [6.45, 7) is 0.577. The van der Waals surface area contributed by atoms with Gasteiger partial charge in [0.25, 0.3) is 5.91 Å². The highest BCUT2D eigenvalue weighted by Crippen LogP contribution is 2.34. The van der Waals surface area contributed by atoms with Gasteiger partial charge in [-0.1, -0.05) is 7.43 Å². The number of halogens is 3. The zero-order chi connectivity index (χ0) is 17.2. The SMILES string of the molecule is C.O=C1NC(C2CCC(COCC(F)(F)F)CC2)=NC12CCNCC2. The number of carbonyl (C=O) groups is 1. The van der Waals surface area contributed by atoms with E-state index in [0.29, 0.717) is 0 Å². The predicted molar refractivity (Wildman–Crippen MR) is 89.5 cm³/mol. The van der Waals surface area contributed by atoms with Gasteiger partial charge in [-0.3, -0.25) is 9.79 Å². The summed E-state index contributed by atoms with van der Waals surface area (Å²) in [6, 6.07) is 0. The van der Waals surface area contributed by atoms with Gasteiger partial charge < -0.3 is 15.4 Å². The summed E-state index contributed by atoms with van der Waals surface area (Å²) in [5, 5.41) is 6.21. The zero-order valence-electron chi connectivity index (χ0n) is 13.6. The summed E-state index contributed by atoms with van der Waals surface area (Å²) in [6.07, 6.45) is 0.494. The average molecular weight is 363 g/mol. The fourth-order valence-electron chi connectivity index (χ4n) is 3.86. The molecule has 0 bridgehead atoms. The summed E-state index contributed by atoms with van der Waals surface area (Å²) in [5.74, 6) is 1.17. The topological polar surface area (TPSA) is 62.7 Å². The molecule has 1 amide bonds. The number of ether oxygens (including phenoxy) is 1. The van der Waals surface area contributed by atoms with Gasteiger partial charge in [0, 0.05) is 12.5 Å². The lowest BCUT2D eigenvalue weighted by Gasteiger charge is -2.29. The van der Waals surface area contributed by atoms with Crippen molar-refractivity contribution in [1.29, 1.82) is 0 Å². The number of piperidine rings is 1. The molecule has 0 aromatic carbocycles. The van der Waals surface area contributed by atoms with Crippen LogP contribution in [0.2, 0.25) is 0 Å². The number of amides is 1. The van der Waals surface area contributed by atoms with Crippen molar-refractivity contribution in [3.63, 3.8) is 0 Å². The van der Waals surface area contributed by atoms with Crippen molar-refractivity contribution in [1.82, 2.24) is 10.6 Å². The van der Waals surface area contributed by atoms with Crippen LogP contribution >= 0.6 is 0 Å². The molecule has 0 aromatic heterocycles. The van der Waals surface area contributed by atoms with Gasteiger partial charge in [0.2, 0.25) is 0 Å². The van der Waals surface area contributed by atoms with Gasteiger partial charge in [0.15, 0.2) is 0 Å². The molecule has 0 radical (unpaired) electrons. The first kappa shape index (κ1) is 20.2. The van der Waals surface area contributed by atoms with E-state index in [1.165, 1.54) is 0 Å². The molecule has 144 valence electrons. The number of aliphatic imine (C=N–C) groups is 1. The van der Waals surface area contributed by atoms with E-state index in [0.717, 1.165) is 57.5 Å². The van der Waals surface area contributed by atoms with E-state index in [1.54, 1.807) is 0 Å². The average Bonchev–Trinajstić information content (AvgIpc) is 2.84. The first-order valence-electron chi connectivity index (χ1n) is 8.64. The molecule has 1 aliphatic carbocycles. The Morgan fingerprint density at radius 1 is 1.16 bits per heavy atom. The van der Waals surface area contributed by atoms with E-state index in [9.17, 15) is 18.0 Å². The second-order valence-corrected chi connectivity index (χ2v) is 7.08. The lowest BCUT2D eigenvalue weighted by atomic mass is 9.82. The van der Waals surface area contributed by atoms with Crippen molar-refractivity contribution in [2.75, 3.05) is 26.3 Å². The lowest BCUT2D eigenvalue weighted by Crippen LogP contribution is -2.47. The van der Waals surface area contributed by atoms with Crippen LogP contribution in [0.1, 0.15) is 46.0 Å². The van der Waals surface area contributed by atoms with Crippen LogP contribution in [-0.2, 0) is 9.53 Å². The lowest BCUT2D eigenvalue weighted by molar-refractivity contribution is -0.177. The minimum atomic E-state index is -4.26. The van der Waals surface area contributed by atoms with Crippen molar-refractivity contribution in [3.8, 4) is 0 Å². The van der Waals surface area contributed by atoms with Crippen LogP contribution in [-0.4, -0.2) is 49.8 Å². The zero-order valence-corrected chi connectivity index (χ0v) is 13.6. The Labute approximate surface area is 146 Å². The van der Waals surface area contributed by atoms with E-state index < -0.39 is 18.3 Å². The molecule has 5 nitrogen and oxygen atoms in total. The number of amidine groups is 1. The third-order valence-electron chi connectivity index (χ3n) is 5.28. The Balaban J connectivity index is 0.00000225. The standard InChI is InChI=1S/C16H24F3N3O2.CH4/c17-16(18,19)10-24-9-11-1-3-12(4-2-11)13-21-14(23)15(22-13)5-7-20-8-6-15;/h11-12,20H,1-10H2,(H,21,22,23);1H4. The third kappa shape index (κ3) is 4.94. The number of nitrogens with one attached hydrogen (secondary N) is 2. The Hall–Kier alpha value is -1.15. The van der Waals surface area contributed by atoms with Crippen LogP contribution in [0.4, 0.5) is 13.2 Å². The van der Waals surface area contributed by atoms with Crippen molar-refractivity contribution >= 4 is 11.7 Å². The second-order valence-electron chi connectivity index (χ2n) is 7.08. The summed E-state index contributed by atoms with van der Waals surface area (Å²) in [4.78, 5) is 17.1. The van der Waals surface area contributed by atoms with Crippen LogP contribution < -0.4 is 10.6 Å². The molecule has 25 heavy (non-hydrogen) atoms. The molecule has 2 aliphatic heterocycles. The van der Waals surface area contributed by atoms with Gasteiger partial charge in [-0.25, -0.2) is 0 Å². The first-order chi connectivity index (χ1) is 11.4. The molecule has 8 heteroatoms. The third-order valence-corrected chi connectivity index (χ3v) is 5.28. The molecule has 1 saturated carbocycles. The van der Waals surface area contributed by atoms with Gasteiger partial charge in [-0.15, -0.1) is 0 Å². The van der Waals surface area contributed by atoms with E-state index in [2.05, 4.69) is 10.6 Å². The summed E-state index contributed by atoms with van der Waals surface area (Å²) in [7, 11) is 0. The van der Waals surface area contributed by atoms with Gasteiger partial charge >= 0.3 is 6.18 Å². The highest BCUT2D eigenvalue weighted by atomic mass is 19.4. The van der Waals surface area contributed by atoms with Gasteiger partial charge in [-0.05, 0) is 57.5 Å². The number of hydrogen-bond donors (Lipinski definition) is 2. The maximum absolute atomic E-state index is 12.3. The molecule has 0 aromatic rings. The molecule has 0 unspecified atom stereocenters. The van der Waals surface area contributed by atoms with E-state index >= 15 is 0 Å². The Kier molecular flexibility index (Phi) is 6.48. The van der Waals surface area contributed by atoms with Crippen LogP contribution in [0.15, 0.2) is 4.99 Å². The van der Waals surface area contributed by atoms with E-state index in [1.807, 2.05) is 0 Å². The molecule has 3 rings (SSSR count). The predicted octanol–water partition coefficient (Wildman–Crippen LogP) is 2.66. The number of hydrogen-bond acceptors (Lipinski definition) is 4. The smallest absolute Gasteiger partial charge is 0.372 e. The Morgan fingerprint density at radius 2 is 1.80 bits per heavy atom. The second kappa shape index (κ2) is 8.03. The quantitative estimate of drug-likeness (QED) is 0.807. The molecule has 1 saturated heterocycles. The summed E-state index contributed by atoms with van der Waals surface area (Å²) >= 11 is 0. The summed E-state index contributed by atoms with van der Waals surface area (Å²) < 4.78 is 41.1. The molecular formula is C17H28F3N3O2. The number of rotatable bonds is 4. The summed E-state index contributed by atoms with van der Waals surface area (Å²) in [5.41, 5.74) is -0.590. The van der Waals surface area contributed by atoms with Crippen LogP contribution in [0.3, 0.4) is 0 Å². The van der Waals surface area contributed by atoms with Crippen LogP contribution in [0.25, 0.3) is 0 Å². The molecule has 3 aliphatic rings. The highest BCUT2D eigenvalue weighted by molar-refractivity contribution is 6.09. The first-order valence-corrected chi connectivity index (χ1v) is 8.64. The highest BCUT2D eigenvalue weighted by Gasteiger charge is 2.45. The molecule has 1 spiro atoms. The Bertz CT molecular complexity index is 494. The normalized spacial score (nSPS) is 29.1. The van der Waals surface area contributed by atoms with E-state index in [-0.39, 0.29) is 31.8 Å². The monoisotopic (exact) mass is 363 g/mol. The van der Waals surface area contributed by atoms with E-state index in [4.69, 9.17) is 9.73 Å². The minimum Gasteiger partial charge on any atom is -0.372 e. The Morgan fingerprint density at radius 3 is 2.40 bits per heavy atom.